The average molecular weight is 306 g/mol. The summed E-state index contributed by atoms with van der Waals surface area (Å²) >= 11 is 9.35. The summed E-state index contributed by atoms with van der Waals surface area (Å²) in [7, 11) is -1.28. The summed E-state index contributed by atoms with van der Waals surface area (Å²) in [5.74, 6) is 0.785. The van der Waals surface area contributed by atoms with Gasteiger partial charge in [-0.2, -0.15) is 0 Å². The Kier molecular flexibility index (Phi) is 5.37. The van der Waals surface area contributed by atoms with Crippen molar-refractivity contribution in [3.05, 3.63) is 29.8 Å². The summed E-state index contributed by atoms with van der Waals surface area (Å²) in [4.78, 5) is 0. The highest BCUT2D eigenvalue weighted by atomic mass is 79.9. The molecule has 0 saturated carbocycles. The molecule has 1 rings (SSSR count). The standard InChI is InChI=1S/C12H18BrClSi/c1-15(2,9-5-8-14)12-7-4-3-6-11(12)10-13/h3-4,6-7H,5,8-10H2,1-2H3. The van der Waals surface area contributed by atoms with Crippen LogP contribution in [0.5, 0.6) is 0 Å². The highest BCUT2D eigenvalue weighted by molar-refractivity contribution is 9.08. The molecule has 0 bridgehead atoms. The minimum atomic E-state index is -1.28. The van der Waals surface area contributed by atoms with E-state index >= 15 is 0 Å². The molecule has 0 N–H and O–H groups in total. The number of benzene rings is 1. The molecule has 0 spiro atoms. The fourth-order valence-electron chi connectivity index (χ4n) is 1.94. The molecular weight excluding hydrogens is 288 g/mol. The molecule has 0 aliphatic rings. The van der Waals surface area contributed by atoms with E-state index < -0.39 is 8.07 Å². The van der Waals surface area contributed by atoms with Crippen LogP contribution in [0.2, 0.25) is 19.1 Å². The zero-order chi connectivity index (χ0) is 11.3. The zero-order valence-electron chi connectivity index (χ0n) is 9.39. The third-order valence-corrected chi connectivity index (χ3v) is 7.25. The maximum atomic E-state index is 5.78. The van der Waals surface area contributed by atoms with Crippen LogP contribution in [0.25, 0.3) is 0 Å². The Bertz CT molecular complexity index is 312. The van der Waals surface area contributed by atoms with Gasteiger partial charge in [-0.25, -0.2) is 0 Å². The number of halogens is 2. The number of hydrogen-bond donors (Lipinski definition) is 0. The highest BCUT2D eigenvalue weighted by Gasteiger charge is 2.24. The van der Waals surface area contributed by atoms with Crippen LogP contribution in [0.1, 0.15) is 12.0 Å². The van der Waals surface area contributed by atoms with Gasteiger partial charge in [-0.05, 0) is 12.0 Å². The Labute approximate surface area is 107 Å². The Morgan fingerprint density at radius 3 is 2.53 bits per heavy atom. The van der Waals surface area contributed by atoms with E-state index in [0.29, 0.717) is 0 Å². The maximum Gasteiger partial charge on any atom is 0.0810 e. The van der Waals surface area contributed by atoms with E-state index in [1.807, 2.05) is 0 Å². The van der Waals surface area contributed by atoms with Crippen LogP contribution in [0.15, 0.2) is 24.3 Å². The molecule has 3 heteroatoms. The largest absolute Gasteiger partial charge is 0.127 e. The molecule has 0 radical (unpaired) electrons. The van der Waals surface area contributed by atoms with Crippen LogP contribution in [0.4, 0.5) is 0 Å². The lowest BCUT2D eigenvalue weighted by Gasteiger charge is -2.25. The second kappa shape index (κ2) is 6.07. The van der Waals surface area contributed by atoms with Gasteiger partial charge in [0.25, 0.3) is 0 Å². The molecule has 0 unspecified atom stereocenters. The Morgan fingerprint density at radius 2 is 1.93 bits per heavy atom. The highest BCUT2D eigenvalue weighted by Crippen LogP contribution is 2.16. The molecule has 15 heavy (non-hydrogen) atoms. The topological polar surface area (TPSA) is 0 Å². The van der Waals surface area contributed by atoms with E-state index in [2.05, 4.69) is 53.3 Å². The van der Waals surface area contributed by atoms with Crippen molar-refractivity contribution in [1.29, 1.82) is 0 Å². The first-order valence-electron chi connectivity index (χ1n) is 5.32. The molecule has 1 aromatic carbocycles. The summed E-state index contributed by atoms with van der Waals surface area (Å²) in [6.07, 6.45) is 1.14. The van der Waals surface area contributed by atoms with Gasteiger partial charge in [0, 0.05) is 11.2 Å². The van der Waals surface area contributed by atoms with E-state index in [0.717, 1.165) is 17.6 Å². The average Bonchev–Trinajstić information content (AvgIpc) is 2.26. The normalized spacial score (nSPS) is 11.7. The predicted molar refractivity (Wildman–Crippen MR) is 76.3 cm³/mol. The van der Waals surface area contributed by atoms with Crippen molar-refractivity contribution in [2.24, 2.45) is 0 Å². The lowest BCUT2D eigenvalue weighted by atomic mass is 10.2. The molecule has 0 aliphatic carbocycles. The zero-order valence-corrected chi connectivity index (χ0v) is 12.7. The minimum Gasteiger partial charge on any atom is -0.127 e. The number of hydrogen-bond acceptors (Lipinski definition) is 0. The smallest absolute Gasteiger partial charge is 0.0810 e. The van der Waals surface area contributed by atoms with Gasteiger partial charge >= 0.3 is 0 Å². The van der Waals surface area contributed by atoms with Crippen LogP contribution in [0.3, 0.4) is 0 Å². The fourth-order valence-corrected chi connectivity index (χ4v) is 5.96. The third-order valence-electron chi connectivity index (χ3n) is 2.83. The second-order valence-electron chi connectivity index (χ2n) is 4.47. The van der Waals surface area contributed by atoms with Crippen molar-refractivity contribution in [3.8, 4) is 0 Å². The van der Waals surface area contributed by atoms with Gasteiger partial charge in [0.1, 0.15) is 0 Å². The van der Waals surface area contributed by atoms with E-state index in [1.165, 1.54) is 11.6 Å². The van der Waals surface area contributed by atoms with Gasteiger partial charge < -0.3 is 0 Å². The molecule has 84 valence electrons. The lowest BCUT2D eigenvalue weighted by molar-refractivity contribution is 1.06. The van der Waals surface area contributed by atoms with Crippen LogP contribution in [0, 0.1) is 0 Å². The quantitative estimate of drug-likeness (QED) is 0.567. The molecular formula is C12H18BrClSi. The van der Waals surface area contributed by atoms with Crippen molar-refractivity contribution in [3.63, 3.8) is 0 Å². The van der Waals surface area contributed by atoms with Crippen molar-refractivity contribution >= 4 is 40.8 Å². The minimum absolute atomic E-state index is 0.785. The van der Waals surface area contributed by atoms with Crippen LogP contribution in [-0.2, 0) is 5.33 Å². The summed E-state index contributed by atoms with van der Waals surface area (Å²) in [5, 5.41) is 2.53. The van der Waals surface area contributed by atoms with Gasteiger partial charge in [0.2, 0.25) is 0 Å². The molecule has 0 aromatic heterocycles. The van der Waals surface area contributed by atoms with E-state index in [9.17, 15) is 0 Å². The maximum absolute atomic E-state index is 5.78. The first kappa shape index (κ1) is 13.3. The Morgan fingerprint density at radius 1 is 1.27 bits per heavy atom. The number of rotatable bonds is 5. The van der Waals surface area contributed by atoms with Crippen LogP contribution < -0.4 is 5.19 Å². The van der Waals surface area contributed by atoms with E-state index in [4.69, 9.17) is 11.6 Å². The predicted octanol–water partition coefficient (Wildman–Crippen LogP) is 4.13. The Balaban J connectivity index is 2.92. The van der Waals surface area contributed by atoms with E-state index in [1.54, 1.807) is 5.19 Å². The fraction of sp³-hybridized carbons (Fsp3) is 0.500. The van der Waals surface area contributed by atoms with Crippen molar-refractivity contribution in [1.82, 2.24) is 0 Å². The van der Waals surface area contributed by atoms with E-state index in [-0.39, 0.29) is 0 Å². The van der Waals surface area contributed by atoms with Gasteiger partial charge in [0.15, 0.2) is 0 Å². The number of alkyl halides is 2. The molecule has 0 atom stereocenters. The van der Waals surface area contributed by atoms with Crippen LogP contribution in [-0.4, -0.2) is 14.0 Å². The molecule has 0 saturated heterocycles. The molecule has 0 nitrogen and oxygen atoms in total. The summed E-state index contributed by atoms with van der Waals surface area (Å²) in [6.45, 7) is 4.86. The lowest BCUT2D eigenvalue weighted by Crippen LogP contribution is -2.43. The van der Waals surface area contributed by atoms with Crippen LogP contribution >= 0.6 is 27.5 Å². The summed E-state index contributed by atoms with van der Waals surface area (Å²) < 4.78 is 0. The van der Waals surface area contributed by atoms with Crippen molar-refractivity contribution in [2.45, 2.75) is 30.9 Å². The van der Waals surface area contributed by atoms with Crippen molar-refractivity contribution in [2.75, 3.05) is 5.88 Å². The second-order valence-corrected chi connectivity index (χ2v) is 10.2. The molecule has 0 heterocycles. The third kappa shape index (κ3) is 3.61. The van der Waals surface area contributed by atoms with Gasteiger partial charge in [-0.1, -0.05) is 64.5 Å². The SMILES string of the molecule is C[Si](C)(CCCCl)c1ccccc1CBr. The van der Waals surface area contributed by atoms with Gasteiger partial charge in [-0.3, -0.25) is 0 Å². The first-order chi connectivity index (χ1) is 7.11. The van der Waals surface area contributed by atoms with Crippen molar-refractivity contribution < 1.29 is 0 Å². The molecule has 0 fully saturated rings. The molecule has 1 aromatic rings. The van der Waals surface area contributed by atoms with Gasteiger partial charge in [-0.15, -0.1) is 11.6 Å². The molecule has 0 amide bonds. The molecule has 0 aliphatic heterocycles. The van der Waals surface area contributed by atoms with Gasteiger partial charge in [0.05, 0.1) is 8.07 Å². The monoisotopic (exact) mass is 304 g/mol. The summed E-state index contributed by atoms with van der Waals surface area (Å²) in [5.41, 5.74) is 1.45. The summed E-state index contributed by atoms with van der Waals surface area (Å²) in [6, 6.07) is 10.1. The first-order valence-corrected chi connectivity index (χ1v) is 10.2. The Hall–Kier alpha value is 0.207.